The summed E-state index contributed by atoms with van der Waals surface area (Å²) in [4.78, 5) is 14.5. The normalized spacial score (nSPS) is 10.6. The summed E-state index contributed by atoms with van der Waals surface area (Å²) in [6.07, 6.45) is 4.22. The van der Waals surface area contributed by atoms with Gasteiger partial charge in [0.25, 0.3) is 5.91 Å². The predicted octanol–water partition coefficient (Wildman–Crippen LogP) is 3.09. The molecule has 0 saturated carbocycles. The first kappa shape index (κ1) is 15.6. The zero-order valence-electron chi connectivity index (χ0n) is 12.7. The van der Waals surface area contributed by atoms with Crippen LogP contribution in [0.4, 0.5) is 0 Å². The lowest BCUT2D eigenvalue weighted by Crippen LogP contribution is -2.34. The summed E-state index contributed by atoms with van der Waals surface area (Å²) in [5.74, 6) is 0.857. The molecule has 0 N–H and O–H groups in total. The highest BCUT2D eigenvalue weighted by Crippen LogP contribution is 2.11. The summed E-state index contributed by atoms with van der Waals surface area (Å²) < 4.78 is 0. The Morgan fingerprint density at radius 2 is 1.29 bits per heavy atom. The summed E-state index contributed by atoms with van der Waals surface area (Å²) in [6.45, 7) is 1.34. The van der Waals surface area contributed by atoms with Gasteiger partial charge in [0.15, 0.2) is 5.75 Å². The summed E-state index contributed by atoms with van der Waals surface area (Å²) in [5, 5.41) is 0. The van der Waals surface area contributed by atoms with Crippen molar-refractivity contribution in [3.63, 3.8) is 0 Å². The quantitative estimate of drug-likeness (QED) is 0.751. The van der Waals surface area contributed by atoms with Crippen LogP contribution in [0.25, 0.3) is 0 Å². The van der Waals surface area contributed by atoms with Gasteiger partial charge in [-0.15, -0.1) is 0 Å². The highest BCUT2D eigenvalue weighted by atomic mass is 32.2. The fraction of sp³-hybridized carbons (Fsp3) is 0.278. The molecule has 0 bridgehead atoms. The minimum absolute atomic E-state index is 0.127. The van der Waals surface area contributed by atoms with Crippen LogP contribution >= 0.6 is 0 Å². The Kier molecular flexibility index (Phi) is 5.88. The third-order valence-electron chi connectivity index (χ3n) is 3.20. The first-order valence-corrected chi connectivity index (χ1v) is 9.26. The summed E-state index contributed by atoms with van der Waals surface area (Å²) >= 11 is 0. The first-order chi connectivity index (χ1) is 10.1. The topological polar surface area (TPSA) is 20.3 Å². The van der Waals surface area contributed by atoms with Gasteiger partial charge in [-0.1, -0.05) is 60.7 Å². The molecule has 0 saturated heterocycles. The number of carbonyl (C=O) groups excluding carboxylic acids is 1. The van der Waals surface area contributed by atoms with Crippen LogP contribution in [0, 0.1) is 0 Å². The van der Waals surface area contributed by atoms with Gasteiger partial charge in [-0.3, -0.25) is 4.79 Å². The number of carbonyl (C=O) groups is 1. The van der Waals surface area contributed by atoms with Gasteiger partial charge in [0.2, 0.25) is 0 Å². The van der Waals surface area contributed by atoms with Crippen LogP contribution in [-0.2, 0) is 28.8 Å². The van der Waals surface area contributed by atoms with Crippen molar-refractivity contribution in [1.82, 2.24) is 4.90 Å². The van der Waals surface area contributed by atoms with Crippen molar-refractivity contribution >= 4 is 16.8 Å². The lowest BCUT2D eigenvalue weighted by Gasteiger charge is -2.22. The molecular weight excluding hydrogens is 278 g/mol. The Bertz CT molecular complexity index is 512. The maximum atomic E-state index is 12.5. The van der Waals surface area contributed by atoms with Gasteiger partial charge in [-0.2, -0.15) is 0 Å². The molecule has 2 aromatic carbocycles. The zero-order valence-corrected chi connectivity index (χ0v) is 13.5. The molecule has 0 heterocycles. The fourth-order valence-corrected chi connectivity index (χ4v) is 2.85. The third-order valence-corrected chi connectivity index (χ3v) is 4.02. The van der Waals surface area contributed by atoms with E-state index < -0.39 is 0 Å². The first-order valence-electron chi connectivity index (χ1n) is 7.05. The van der Waals surface area contributed by atoms with Crippen molar-refractivity contribution in [1.29, 1.82) is 0 Å². The minimum atomic E-state index is 0.127. The number of amides is 1. The molecule has 2 rings (SSSR count). The van der Waals surface area contributed by atoms with E-state index in [0.717, 1.165) is 0 Å². The zero-order chi connectivity index (χ0) is 15.1. The average Bonchev–Trinajstić information content (AvgIpc) is 2.48. The van der Waals surface area contributed by atoms with Crippen molar-refractivity contribution in [3.05, 3.63) is 71.8 Å². The lowest BCUT2D eigenvalue weighted by atomic mass is 10.1. The Balaban J connectivity index is 2.12. The van der Waals surface area contributed by atoms with Crippen molar-refractivity contribution in [2.45, 2.75) is 13.1 Å². The molecule has 0 aliphatic rings. The second-order valence-electron chi connectivity index (χ2n) is 5.35. The van der Waals surface area contributed by atoms with Gasteiger partial charge in [-0.05, 0) is 22.0 Å². The molecule has 0 fully saturated rings. The van der Waals surface area contributed by atoms with E-state index in [-0.39, 0.29) is 16.8 Å². The van der Waals surface area contributed by atoms with Crippen LogP contribution in [0.2, 0.25) is 0 Å². The minimum Gasteiger partial charge on any atom is -0.330 e. The molecule has 110 valence electrons. The standard InChI is InChI=1S/C18H22NOS/c1-21(2)15-18(20)19(13-16-9-5-3-6-10-16)14-17-11-7-4-8-12-17/h3-12H,13-15H2,1-2H3/q+1. The van der Waals surface area contributed by atoms with Crippen molar-refractivity contribution < 1.29 is 4.79 Å². The largest absolute Gasteiger partial charge is 0.330 e. The third kappa shape index (κ3) is 5.27. The fourth-order valence-electron chi connectivity index (χ4n) is 2.18. The van der Waals surface area contributed by atoms with Crippen molar-refractivity contribution in [2.24, 2.45) is 0 Å². The molecular formula is C18H22NOS+. The van der Waals surface area contributed by atoms with Crippen molar-refractivity contribution in [3.8, 4) is 0 Å². The maximum Gasteiger partial charge on any atom is 0.273 e. The van der Waals surface area contributed by atoms with Crippen LogP contribution in [0.1, 0.15) is 11.1 Å². The van der Waals surface area contributed by atoms with Gasteiger partial charge in [0, 0.05) is 13.1 Å². The molecule has 0 aromatic heterocycles. The van der Waals surface area contributed by atoms with E-state index in [1.54, 1.807) is 0 Å². The highest BCUT2D eigenvalue weighted by Gasteiger charge is 2.19. The van der Waals surface area contributed by atoms with E-state index in [1.165, 1.54) is 11.1 Å². The smallest absolute Gasteiger partial charge is 0.273 e. The van der Waals surface area contributed by atoms with E-state index in [0.29, 0.717) is 18.8 Å². The maximum absolute atomic E-state index is 12.5. The van der Waals surface area contributed by atoms with E-state index in [2.05, 4.69) is 36.8 Å². The Hall–Kier alpha value is -1.74. The molecule has 0 radical (unpaired) electrons. The van der Waals surface area contributed by atoms with Gasteiger partial charge in [0.1, 0.15) is 0 Å². The van der Waals surface area contributed by atoms with E-state index >= 15 is 0 Å². The molecule has 3 heteroatoms. The van der Waals surface area contributed by atoms with Crippen LogP contribution < -0.4 is 0 Å². The summed E-state index contributed by atoms with van der Waals surface area (Å²) in [5.41, 5.74) is 2.35. The number of hydrogen-bond acceptors (Lipinski definition) is 1. The van der Waals surface area contributed by atoms with Gasteiger partial charge >= 0.3 is 0 Å². The Morgan fingerprint density at radius 3 is 1.67 bits per heavy atom. The number of hydrogen-bond donors (Lipinski definition) is 0. The molecule has 0 unspecified atom stereocenters. The molecule has 0 spiro atoms. The molecule has 1 amide bonds. The highest BCUT2D eigenvalue weighted by molar-refractivity contribution is 7.96. The summed E-state index contributed by atoms with van der Waals surface area (Å²) in [6, 6.07) is 20.4. The van der Waals surface area contributed by atoms with Crippen LogP contribution in [-0.4, -0.2) is 29.1 Å². The second-order valence-corrected chi connectivity index (χ2v) is 7.61. The second kappa shape index (κ2) is 7.89. The molecule has 2 aromatic rings. The van der Waals surface area contributed by atoms with Gasteiger partial charge in [0.05, 0.1) is 12.5 Å². The van der Waals surface area contributed by atoms with E-state index in [9.17, 15) is 4.79 Å². The lowest BCUT2D eigenvalue weighted by molar-refractivity contribution is -0.129. The monoisotopic (exact) mass is 300 g/mol. The predicted molar refractivity (Wildman–Crippen MR) is 91.2 cm³/mol. The Labute approximate surface area is 130 Å². The molecule has 0 atom stereocenters. The van der Waals surface area contributed by atoms with Crippen LogP contribution in [0.5, 0.6) is 0 Å². The van der Waals surface area contributed by atoms with Crippen LogP contribution in [0.3, 0.4) is 0 Å². The van der Waals surface area contributed by atoms with Crippen LogP contribution in [0.15, 0.2) is 60.7 Å². The molecule has 21 heavy (non-hydrogen) atoms. The van der Waals surface area contributed by atoms with E-state index in [4.69, 9.17) is 0 Å². The molecule has 0 aliphatic carbocycles. The van der Waals surface area contributed by atoms with Gasteiger partial charge in [-0.25, -0.2) is 0 Å². The summed E-state index contributed by atoms with van der Waals surface area (Å²) in [7, 11) is 0.127. The van der Waals surface area contributed by atoms with Gasteiger partial charge < -0.3 is 4.90 Å². The van der Waals surface area contributed by atoms with Crippen molar-refractivity contribution in [2.75, 3.05) is 18.3 Å². The van der Waals surface area contributed by atoms with E-state index in [1.807, 2.05) is 41.3 Å². The SMILES string of the molecule is C[S+](C)CC(=O)N(Cc1ccccc1)Cc1ccccc1. The average molecular weight is 300 g/mol. The molecule has 0 aliphatic heterocycles. The Morgan fingerprint density at radius 1 is 0.857 bits per heavy atom. The number of nitrogens with zero attached hydrogens (tertiary/aromatic N) is 1. The number of benzene rings is 2. The molecule has 2 nitrogen and oxygen atoms in total. The number of rotatable bonds is 6.